The van der Waals surface area contributed by atoms with Crippen LogP contribution in [-0.4, -0.2) is 20.4 Å². The van der Waals surface area contributed by atoms with Crippen molar-refractivity contribution in [1.82, 2.24) is 14.3 Å². The van der Waals surface area contributed by atoms with Gasteiger partial charge < -0.3 is 10.3 Å². The second-order valence-electron chi connectivity index (χ2n) is 5.60. The molecule has 0 bridgehead atoms. The van der Waals surface area contributed by atoms with Crippen LogP contribution in [0.2, 0.25) is 0 Å². The zero-order valence-corrected chi connectivity index (χ0v) is 12.0. The standard InChI is InChI=1S/C15H18N4O2/c1-18-5-4-10(6-14(18)20)9-19-15(21)8-11-7-12(16)2-3-13(11)17-19/h4-6,8,12H,2-3,7,9,16H2,1H3. The third-order valence-corrected chi connectivity index (χ3v) is 3.90. The molecule has 1 atom stereocenters. The van der Waals surface area contributed by atoms with Crippen LogP contribution in [0.3, 0.4) is 0 Å². The molecule has 2 heterocycles. The number of aryl methyl sites for hydroxylation is 2. The first kappa shape index (κ1) is 13.8. The van der Waals surface area contributed by atoms with E-state index in [0.717, 1.165) is 29.7 Å². The molecule has 0 saturated carbocycles. The van der Waals surface area contributed by atoms with Gasteiger partial charge in [-0.05, 0) is 36.5 Å². The minimum absolute atomic E-state index is 0.0931. The Kier molecular flexibility index (Phi) is 3.47. The third kappa shape index (κ3) is 2.80. The van der Waals surface area contributed by atoms with Crippen LogP contribution in [0.15, 0.2) is 34.0 Å². The van der Waals surface area contributed by atoms with Gasteiger partial charge in [0.15, 0.2) is 0 Å². The summed E-state index contributed by atoms with van der Waals surface area (Å²) in [5.41, 5.74) is 8.36. The minimum Gasteiger partial charge on any atom is -0.327 e. The van der Waals surface area contributed by atoms with Gasteiger partial charge in [0.1, 0.15) is 0 Å². The molecule has 6 heteroatoms. The number of fused-ring (bicyclic) bond motifs is 1. The summed E-state index contributed by atoms with van der Waals surface area (Å²) in [7, 11) is 1.69. The number of aromatic nitrogens is 3. The maximum absolute atomic E-state index is 12.1. The molecule has 0 radical (unpaired) electrons. The highest BCUT2D eigenvalue weighted by atomic mass is 16.1. The monoisotopic (exact) mass is 286 g/mol. The van der Waals surface area contributed by atoms with Gasteiger partial charge in [-0.2, -0.15) is 5.10 Å². The van der Waals surface area contributed by atoms with E-state index >= 15 is 0 Å². The second kappa shape index (κ2) is 5.29. The van der Waals surface area contributed by atoms with E-state index in [1.54, 1.807) is 19.3 Å². The molecule has 2 N–H and O–H groups in total. The van der Waals surface area contributed by atoms with E-state index in [-0.39, 0.29) is 17.2 Å². The predicted octanol–water partition coefficient (Wildman–Crippen LogP) is -0.194. The van der Waals surface area contributed by atoms with Crippen LogP contribution in [0.5, 0.6) is 0 Å². The zero-order valence-electron chi connectivity index (χ0n) is 12.0. The van der Waals surface area contributed by atoms with Crippen molar-refractivity contribution in [2.75, 3.05) is 0 Å². The van der Waals surface area contributed by atoms with Crippen molar-refractivity contribution in [2.45, 2.75) is 31.8 Å². The molecular weight excluding hydrogens is 268 g/mol. The zero-order chi connectivity index (χ0) is 15.0. The highest BCUT2D eigenvalue weighted by Gasteiger charge is 2.18. The van der Waals surface area contributed by atoms with E-state index in [1.165, 1.54) is 15.3 Å². The number of rotatable bonds is 2. The van der Waals surface area contributed by atoms with Crippen molar-refractivity contribution in [3.05, 3.63) is 61.9 Å². The van der Waals surface area contributed by atoms with Gasteiger partial charge in [0.25, 0.3) is 11.1 Å². The molecular formula is C15H18N4O2. The number of nitrogens with two attached hydrogens (primary N) is 1. The summed E-state index contributed by atoms with van der Waals surface area (Å²) in [4.78, 5) is 23.8. The van der Waals surface area contributed by atoms with E-state index in [4.69, 9.17) is 5.73 Å². The quantitative estimate of drug-likeness (QED) is 0.829. The SMILES string of the molecule is Cn1ccc(Cn2nc3c(cc2=O)CC(N)CC3)cc1=O. The molecule has 2 aromatic heterocycles. The number of pyridine rings is 1. The average Bonchev–Trinajstić information content (AvgIpc) is 2.44. The fraction of sp³-hybridized carbons (Fsp3) is 0.400. The summed E-state index contributed by atoms with van der Waals surface area (Å²) >= 11 is 0. The maximum atomic E-state index is 12.1. The van der Waals surface area contributed by atoms with Crippen molar-refractivity contribution in [3.63, 3.8) is 0 Å². The molecule has 6 nitrogen and oxygen atoms in total. The Hall–Kier alpha value is -2.21. The molecule has 0 fully saturated rings. The van der Waals surface area contributed by atoms with E-state index in [9.17, 15) is 9.59 Å². The second-order valence-corrected chi connectivity index (χ2v) is 5.60. The summed E-state index contributed by atoms with van der Waals surface area (Å²) in [6, 6.07) is 5.10. The molecule has 0 aromatic carbocycles. The molecule has 3 rings (SSSR count). The first-order chi connectivity index (χ1) is 10.0. The normalized spacial score (nSPS) is 17.5. The first-order valence-electron chi connectivity index (χ1n) is 7.04. The number of hydrogen-bond acceptors (Lipinski definition) is 4. The molecule has 2 aromatic rings. The van der Waals surface area contributed by atoms with E-state index < -0.39 is 0 Å². The molecule has 0 amide bonds. The van der Waals surface area contributed by atoms with Crippen LogP contribution in [0, 0.1) is 0 Å². The van der Waals surface area contributed by atoms with Crippen LogP contribution in [-0.2, 0) is 26.4 Å². The Morgan fingerprint density at radius 3 is 2.90 bits per heavy atom. The lowest BCUT2D eigenvalue weighted by Crippen LogP contribution is -2.33. The Bertz CT molecular complexity index is 791. The topological polar surface area (TPSA) is 82.9 Å². The molecule has 1 unspecified atom stereocenters. The Morgan fingerprint density at radius 2 is 2.14 bits per heavy atom. The van der Waals surface area contributed by atoms with Crippen LogP contribution in [0.25, 0.3) is 0 Å². The fourth-order valence-corrected chi connectivity index (χ4v) is 2.63. The third-order valence-electron chi connectivity index (χ3n) is 3.90. The molecule has 0 spiro atoms. The van der Waals surface area contributed by atoms with Gasteiger partial charge in [0.2, 0.25) is 0 Å². The van der Waals surface area contributed by atoms with Crippen LogP contribution in [0.1, 0.15) is 23.2 Å². The lowest BCUT2D eigenvalue weighted by Gasteiger charge is -2.20. The lowest BCUT2D eigenvalue weighted by molar-refractivity contribution is 0.529. The Morgan fingerprint density at radius 1 is 1.33 bits per heavy atom. The lowest BCUT2D eigenvalue weighted by atomic mass is 9.93. The summed E-state index contributed by atoms with van der Waals surface area (Å²) < 4.78 is 2.92. The van der Waals surface area contributed by atoms with Gasteiger partial charge in [-0.15, -0.1) is 0 Å². The largest absolute Gasteiger partial charge is 0.327 e. The van der Waals surface area contributed by atoms with E-state index in [2.05, 4.69) is 5.10 Å². The summed E-state index contributed by atoms with van der Waals surface area (Å²) in [6.45, 7) is 0.314. The number of nitrogens with zero attached hydrogens (tertiary/aromatic N) is 3. The highest BCUT2D eigenvalue weighted by Crippen LogP contribution is 2.16. The van der Waals surface area contributed by atoms with Crippen molar-refractivity contribution < 1.29 is 0 Å². The van der Waals surface area contributed by atoms with Crippen molar-refractivity contribution in [1.29, 1.82) is 0 Å². The smallest absolute Gasteiger partial charge is 0.267 e. The molecule has 110 valence electrons. The Balaban J connectivity index is 1.94. The van der Waals surface area contributed by atoms with Gasteiger partial charge in [0.05, 0.1) is 12.2 Å². The van der Waals surface area contributed by atoms with E-state index in [0.29, 0.717) is 13.0 Å². The molecule has 0 aliphatic heterocycles. The summed E-state index contributed by atoms with van der Waals surface area (Å²) in [6.07, 6.45) is 4.10. The van der Waals surface area contributed by atoms with Gasteiger partial charge >= 0.3 is 0 Å². The summed E-state index contributed by atoms with van der Waals surface area (Å²) in [5.74, 6) is 0. The van der Waals surface area contributed by atoms with Crippen molar-refractivity contribution in [2.24, 2.45) is 12.8 Å². The predicted molar refractivity (Wildman–Crippen MR) is 79.3 cm³/mol. The average molecular weight is 286 g/mol. The van der Waals surface area contributed by atoms with Crippen LogP contribution >= 0.6 is 0 Å². The van der Waals surface area contributed by atoms with Gasteiger partial charge in [-0.25, -0.2) is 4.68 Å². The Labute approximate surface area is 121 Å². The van der Waals surface area contributed by atoms with Crippen molar-refractivity contribution in [3.8, 4) is 0 Å². The van der Waals surface area contributed by atoms with Gasteiger partial charge in [0, 0.05) is 31.4 Å². The van der Waals surface area contributed by atoms with Crippen molar-refractivity contribution >= 4 is 0 Å². The molecule has 1 aliphatic rings. The van der Waals surface area contributed by atoms with Crippen LogP contribution in [0.4, 0.5) is 0 Å². The fourth-order valence-electron chi connectivity index (χ4n) is 2.63. The highest BCUT2D eigenvalue weighted by molar-refractivity contribution is 5.23. The summed E-state index contributed by atoms with van der Waals surface area (Å²) in [5, 5.41) is 4.43. The van der Waals surface area contributed by atoms with Crippen LogP contribution < -0.4 is 16.9 Å². The van der Waals surface area contributed by atoms with Gasteiger partial charge in [-0.1, -0.05) is 0 Å². The molecule has 1 aliphatic carbocycles. The number of hydrogen-bond donors (Lipinski definition) is 1. The molecule has 21 heavy (non-hydrogen) atoms. The maximum Gasteiger partial charge on any atom is 0.267 e. The minimum atomic E-state index is -0.150. The molecule has 0 saturated heterocycles. The van der Waals surface area contributed by atoms with Gasteiger partial charge in [-0.3, -0.25) is 9.59 Å². The van der Waals surface area contributed by atoms with E-state index in [1.807, 2.05) is 6.07 Å². The first-order valence-corrected chi connectivity index (χ1v) is 7.04.